The fourth-order valence-corrected chi connectivity index (χ4v) is 4.77. The van der Waals surface area contributed by atoms with Crippen molar-refractivity contribution < 1.29 is 14.0 Å². The number of amides is 2. The number of nitrogens with one attached hydrogen (secondary N) is 2. The van der Waals surface area contributed by atoms with Crippen LogP contribution in [-0.2, 0) is 9.59 Å². The molecule has 1 aliphatic heterocycles. The molecule has 2 aromatic carbocycles. The minimum absolute atomic E-state index is 0.118. The lowest BCUT2D eigenvalue weighted by molar-refractivity contribution is -0.145. The van der Waals surface area contributed by atoms with Crippen molar-refractivity contribution in [3.63, 3.8) is 0 Å². The quantitative estimate of drug-likeness (QED) is 0.284. The summed E-state index contributed by atoms with van der Waals surface area (Å²) in [5, 5.41) is 7.34. The first-order valence-corrected chi connectivity index (χ1v) is 11.8. The van der Waals surface area contributed by atoms with Gasteiger partial charge in [-0.25, -0.2) is 9.98 Å². The smallest absolute Gasteiger partial charge is 0.252 e. The maximum absolute atomic E-state index is 13.3. The SMILES string of the molecule is CC(=O)N1CCN(c2cccc(-c3cc(-c4nc5ccccc5o4)c(/C(N)=N\C=N)[nH]3)c2)C(=O)C1(C)C. The van der Waals surface area contributed by atoms with Gasteiger partial charge in [-0.2, -0.15) is 0 Å². The number of rotatable bonds is 5. The van der Waals surface area contributed by atoms with Crippen LogP contribution in [0.3, 0.4) is 0 Å². The minimum Gasteiger partial charge on any atom is -0.436 e. The van der Waals surface area contributed by atoms with E-state index in [0.717, 1.165) is 17.6 Å². The molecule has 1 aliphatic rings. The predicted octanol–water partition coefficient (Wildman–Crippen LogP) is 3.78. The molecule has 2 amide bonds. The second-order valence-electron chi connectivity index (χ2n) is 9.34. The Labute approximate surface area is 213 Å². The summed E-state index contributed by atoms with van der Waals surface area (Å²) in [4.78, 5) is 40.5. The van der Waals surface area contributed by atoms with Gasteiger partial charge in [-0.1, -0.05) is 24.3 Å². The molecule has 5 rings (SSSR count). The van der Waals surface area contributed by atoms with Crippen molar-refractivity contribution in [3.05, 3.63) is 60.3 Å². The summed E-state index contributed by atoms with van der Waals surface area (Å²) in [6, 6.07) is 16.9. The van der Waals surface area contributed by atoms with Crippen LogP contribution in [0.2, 0.25) is 0 Å². The number of carbonyl (C=O) groups is 2. The number of fused-ring (bicyclic) bond motifs is 1. The molecule has 0 saturated carbocycles. The summed E-state index contributed by atoms with van der Waals surface area (Å²) in [6.07, 6.45) is 0.875. The Morgan fingerprint density at radius 3 is 2.70 bits per heavy atom. The lowest BCUT2D eigenvalue weighted by Crippen LogP contribution is -2.64. The lowest BCUT2D eigenvalue weighted by atomic mass is 9.96. The van der Waals surface area contributed by atoms with Crippen LogP contribution in [0, 0.1) is 5.41 Å². The zero-order valence-corrected chi connectivity index (χ0v) is 20.8. The van der Waals surface area contributed by atoms with Crippen LogP contribution in [0.4, 0.5) is 5.69 Å². The number of piperazine rings is 1. The third kappa shape index (κ3) is 4.16. The summed E-state index contributed by atoms with van der Waals surface area (Å²) < 4.78 is 5.97. The number of H-pyrrole nitrogens is 1. The van der Waals surface area contributed by atoms with Crippen LogP contribution >= 0.6 is 0 Å². The summed E-state index contributed by atoms with van der Waals surface area (Å²) >= 11 is 0. The number of oxazole rings is 1. The highest BCUT2D eigenvalue weighted by Crippen LogP contribution is 2.34. The molecule has 10 heteroatoms. The van der Waals surface area contributed by atoms with E-state index in [0.29, 0.717) is 47.0 Å². The number of nitrogens with two attached hydrogens (primary N) is 1. The number of aromatic nitrogens is 2. The van der Waals surface area contributed by atoms with E-state index in [-0.39, 0.29) is 17.6 Å². The second kappa shape index (κ2) is 9.05. The van der Waals surface area contributed by atoms with Gasteiger partial charge in [0.25, 0.3) is 5.91 Å². The lowest BCUT2D eigenvalue weighted by Gasteiger charge is -2.45. The second-order valence-corrected chi connectivity index (χ2v) is 9.34. The molecular formula is C27H27N7O3. The number of para-hydroxylation sites is 2. The zero-order valence-electron chi connectivity index (χ0n) is 20.8. The fraction of sp³-hybridized carbons (Fsp3) is 0.222. The maximum atomic E-state index is 13.3. The molecule has 0 aliphatic carbocycles. The Balaban J connectivity index is 1.56. The summed E-state index contributed by atoms with van der Waals surface area (Å²) in [5.74, 6) is 0.219. The molecule has 4 N–H and O–H groups in total. The van der Waals surface area contributed by atoms with Crippen LogP contribution in [0.25, 0.3) is 33.8 Å². The molecule has 0 spiro atoms. The van der Waals surface area contributed by atoms with E-state index in [9.17, 15) is 9.59 Å². The van der Waals surface area contributed by atoms with Gasteiger partial charge in [0.05, 0.1) is 11.3 Å². The Kier molecular flexibility index (Phi) is 5.87. The van der Waals surface area contributed by atoms with Crippen LogP contribution in [0.5, 0.6) is 0 Å². The number of hydrogen-bond donors (Lipinski definition) is 3. The normalized spacial score (nSPS) is 15.9. The van der Waals surface area contributed by atoms with E-state index in [1.165, 1.54) is 6.92 Å². The molecule has 0 unspecified atom stereocenters. The van der Waals surface area contributed by atoms with Gasteiger partial charge in [-0.15, -0.1) is 0 Å². The Morgan fingerprint density at radius 1 is 1.19 bits per heavy atom. The molecule has 0 bridgehead atoms. The summed E-state index contributed by atoms with van der Waals surface area (Å²) in [6.45, 7) is 5.86. The standard InChI is InChI=1S/C27H27N7O3/c1-16(35)34-12-11-33(26(36)27(34,2)3)18-8-6-7-17(13-18)21-14-19(23(31-21)24(29)30-15-28)25-32-20-9-4-5-10-22(20)37-25/h4-10,13-15,31H,11-12H2,1-3H3,(H3,28,29,30). The van der Waals surface area contributed by atoms with Crippen molar-refractivity contribution in [2.45, 2.75) is 26.3 Å². The Morgan fingerprint density at radius 2 is 1.97 bits per heavy atom. The van der Waals surface area contributed by atoms with Gasteiger partial charge in [0, 0.05) is 37.0 Å². The number of benzene rings is 2. The van der Waals surface area contributed by atoms with Crippen molar-refractivity contribution in [2.75, 3.05) is 18.0 Å². The highest BCUT2D eigenvalue weighted by Gasteiger charge is 2.43. The first-order chi connectivity index (χ1) is 17.7. The van der Waals surface area contributed by atoms with Gasteiger partial charge < -0.3 is 24.9 Å². The third-order valence-electron chi connectivity index (χ3n) is 6.64. The third-order valence-corrected chi connectivity index (χ3v) is 6.64. The number of amidine groups is 1. The summed E-state index contributed by atoms with van der Waals surface area (Å²) in [5.41, 5.74) is 9.90. The number of aromatic amines is 1. The van der Waals surface area contributed by atoms with Crippen LogP contribution < -0.4 is 10.6 Å². The molecule has 1 saturated heterocycles. The Bertz CT molecular complexity index is 1530. The molecule has 4 aromatic rings. The van der Waals surface area contributed by atoms with E-state index in [1.807, 2.05) is 54.6 Å². The molecule has 10 nitrogen and oxygen atoms in total. The van der Waals surface area contributed by atoms with Crippen LogP contribution in [0.1, 0.15) is 26.5 Å². The van der Waals surface area contributed by atoms with E-state index in [4.69, 9.17) is 15.6 Å². The van der Waals surface area contributed by atoms with Gasteiger partial charge in [0.2, 0.25) is 11.8 Å². The molecule has 37 heavy (non-hydrogen) atoms. The predicted molar refractivity (Wildman–Crippen MR) is 143 cm³/mol. The topological polar surface area (TPSA) is 145 Å². The molecule has 0 atom stereocenters. The first-order valence-electron chi connectivity index (χ1n) is 11.8. The highest BCUT2D eigenvalue weighted by molar-refractivity contribution is 6.06. The van der Waals surface area contributed by atoms with Gasteiger partial charge in [-0.05, 0) is 44.2 Å². The molecule has 2 aromatic heterocycles. The molecular weight excluding hydrogens is 470 g/mol. The van der Waals surface area contributed by atoms with Crippen LogP contribution in [0.15, 0.2) is 64.0 Å². The number of nitrogens with zero attached hydrogens (tertiary/aromatic N) is 4. The van der Waals surface area contributed by atoms with E-state index < -0.39 is 5.54 Å². The van der Waals surface area contributed by atoms with Gasteiger partial charge in [-0.3, -0.25) is 15.0 Å². The molecule has 188 valence electrons. The van der Waals surface area contributed by atoms with Crippen molar-refractivity contribution in [1.82, 2.24) is 14.9 Å². The monoisotopic (exact) mass is 497 g/mol. The van der Waals surface area contributed by atoms with E-state index >= 15 is 0 Å². The van der Waals surface area contributed by atoms with Gasteiger partial charge in [0.15, 0.2) is 5.58 Å². The number of aliphatic imine (C=N–C) groups is 1. The van der Waals surface area contributed by atoms with Crippen molar-refractivity contribution in [2.24, 2.45) is 10.7 Å². The number of hydrogen-bond acceptors (Lipinski definition) is 5. The Hall–Kier alpha value is -4.73. The van der Waals surface area contributed by atoms with Gasteiger partial charge in [0.1, 0.15) is 23.2 Å². The fourth-order valence-electron chi connectivity index (χ4n) is 4.77. The van der Waals surface area contributed by atoms with Crippen molar-refractivity contribution >= 4 is 40.8 Å². The van der Waals surface area contributed by atoms with E-state index in [2.05, 4.69) is 15.0 Å². The number of carbonyl (C=O) groups excluding carboxylic acids is 2. The first kappa shape index (κ1) is 24.0. The molecule has 3 heterocycles. The highest BCUT2D eigenvalue weighted by atomic mass is 16.3. The average molecular weight is 498 g/mol. The maximum Gasteiger partial charge on any atom is 0.252 e. The average Bonchev–Trinajstić information content (AvgIpc) is 3.50. The zero-order chi connectivity index (χ0) is 26.3. The summed E-state index contributed by atoms with van der Waals surface area (Å²) in [7, 11) is 0. The minimum atomic E-state index is -0.947. The largest absolute Gasteiger partial charge is 0.436 e. The number of anilines is 1. The molecule has 1 fully saturated rings. The van der Waals surface area contributed by atoms with Crippen molar-refractivity contribution in [3.8, 4) is 22.7 Å². The van der Waals surface area contributed by atoms with Crippen LogP contribution in [-0.4, -0.2) is 57.5 Å². The van der Waals surface area contributed by atoms with Gasteiger partial charge >= 0.3 is 0 Å². The van der Waals surface area contributed by atoms with Crippen molar-refractivity contribution in [1.29, 1.82) is 5.41 Å². The molecule has 0 radical (unpaired) electrons. The van der Waals surface area contributed by atoms with E-state index in [1.54, 1.807) is 23.6 Å².